The van der Waals surface area contributed by atoms with Gasteiger partial charge < -0.3 is 4.90 Å². The molecule has 1 heteroatoms. The Bertz CT molecular complexity index is 456. The summed E-state index contributed by atoms with van der Waals surface area (Å²) in [6.45, 7) is 3.38. The van der Waals surface area contributed by atoms with Gasteiger partial charge in [-0.2, -0.15) is 0 Å². The topological polar surface area (TPSA) is 3.24 Å². The lowest BCUT2D eigenvalue weighted by Gasteiger charge is -2.38. The molecule has 1 atom stereocenters. The smallest absolute Gasteiger partial charge is 0.0408 e. The predicted molar refractivity (Wildman–Crippen MR) is 73.0 cm³/mol. The number of hydrogen-bond acceptors (Lipinski definition) is 1. The maximum absolute atomic E-state index is 2.50. The van der Waals surface area contributed by atoms with Crippen molar-refractivity contribution in [1.82, 2.24) is 0 Å². The Morgan fingerprint density at radius 3 is 2.82 bits per heavy atom. The van der Waals surface area contributed by atoms with Gasteiger partial charge in [-0.3, -0.25) is 0 Å². The summed E-state index contributed by atoms with van der Waals surface area (Å²) in [6, 6.07) is 10.8. The van der Waals surface area contributed by atoms with Crippen LogP contribution in [0.2, 0.25) is 0 Å². The molecule has 17 heavy (non-hydrogen) atoms. The van der Waals surface area contributed by atoms with Gasteiger partial charge in [0.1, 0.15) is 0 Å². The van der Waals surface area contributed by atoms with E-state index in [4.69, 9.17) is 0 Å². The van der Waals surface area contributed by atoms with Crippen LogP contribution in [0, 0.1) is 5.92 Å². The maximum Gasteiger partial charge on any atom is 0.0408 e. The van der Waals surface area contributed by atoms with E-state index in [2.05, 4.69) is 54.3 Å². The molecule has 1 aromatic carbocycles. The van der Waals surface area contributed by atoms with Crippen molar-refractivity contribution in [2.24, 2.45) is 5.92 Å². The van der Waals surface area contributed by atoms with Gasteiger partial charge in [-0.25, -0.2) is 0 Å². The zero-order valence-corrected chi connectivity index (χ0v) is 10.4. The van der Waals surface area contributed by atoms with Crippen LogP contribution in [-0.4, -0.2) is 6.54 Å². The number of nitrogens with zero attached hydrogens (tertiary/aromatic N) is 1. The van der Waals surface area contributed by atoms with Crippen molar-refractivity contribution in [2.45, 2.75) is 26.2 Å². The lowest BCUT2D eigenvalue weighted by Crippen LogP contribution is -2.34. The molecule has 88 valence electrons. The summed E-state index contributed by atoms with van der Waals surface area (Å²) >= 11 is 0. The average Bonchev–Trinajstić information content (AvgIpc) is 2.39. The van der Waals surface area contributed by atoms with Crippen molar-refractivity contribution in [2.75, 3.05) is 11.4 Å². The summed E-state index contributed by atoms with van der Waals surface area (Å²) in [7, 11) is 0. The summed E-state index contributed by atoms with van der Waals surface area (Å²) in [5.41, 5.74) is 4.29. The summed E-state index contributed by atoms with van der Waals surface area (Å²) in [6.07, 6.45) is 8.63. The first kappa shape index (κ1) is 10.6. The van der Waals surface area contributed by atoms with Crippen molar-refractivity contribution in [3.8, 4) is 0 Å². The predicted octanol–water partition coefficient (Wildman–Crippen LogP) is 4.14. The van der Waals surface area contributed by atoms with E-state index in [0.717, 1.165) is 5.92 Å². The highest BCUT2D eigenvalue weighted by Crippen LogP contribution is 2.36. The Kier molecular flexibility index (Phi) is 2.76. The molecule has 0 saturated carbocycles. The first-order chi connectivity index (χ1) is 8.34. The first-order valence-corrected chi connectivity index (χ1v) is 6.55. The fourth-order valence-electron chi connectivity index (χ4n) is 2.93. The standard InChI is InChI=1S/C16H19N/c1-13-9-10-14-6-5-11-17(16(14)12-13)15-7-3-2-4-8-15/h2-4,7-9,12,14H,5-6,10-11H2,1H3. The minimum atomic E-state index is 0.743. The van der Waals surface area contributed by atoms with Crippen LogP contribution in [0.25, 0.3) is 0 Å². The fourth-order valence-corrected chi connectivity index (χ4v) is 2.93. The molecule has 1 aliphatic carbocycles. The van der Waals surface area contributed by atoms with Crippen LogP contribution in [-0.2, 0) is 0 Å². The van der Waals surface area contributed by atoms with Crippen LogP contribution in [0.5, 0.6) is 0 Å². The largest absolute Gasteiger partial charge is 0.345 e. The number of fused-ring (bicyclic) bond motifs is 1. The molecular weight excluding hydrogens is 206 g/mol. The molecule has 1 heterocycles. The van der Waals surface area contributed by atoms with Crippen molar-refractivity contribution in [3.05, 3.63) is 53.8 Å². The van der Waals surface area contributed by atoms with Crippen LogP contribution >= 0.6 is 0 Å². The summed E-state index contributed by atoms with van der Waals surface area (Å²) in [5, 5.41) is 0. The fraction of sp³-hybridized carbons (Fsp3) is 0.375. The zero-order valence-electron chi connectivity index (χ0n) is 10.4. The molecule has 1 fully saturated rings. The number of benzene rings is 1. The monoisotopic (exact) mass is 225 g/mol. The second kappa shape index (κ2) is 4.40. The average molecular weight is 225 g/mol. The Hall–Kier alpha value is -1.50. The molecule has 1 unspecified atom stereocenters. The Morgan fingerprint density at radius 2 is 2.00 bits per heavy atom. The van der Waals surface area contributed by atoms with Gasteiger partial charge in [0, 0.05) is 23.8 Å². The van der Waals surface area contributed by atoms with Gasteiger partial charge in [-0.05, 0) is 44.4 Å². The highest BCUT2D eigenvalue weighted by molar-refractivity contribution is 5.55. The Balaban J connectivity index is 1.96. The molecule has 0 aromatic heterocycles. The quantitative estimate of drug-likeness (QED) is 0.694. The van der Waals surface area contributed by atoms with Crippen molar-refractivity contribution in [1.29, 1.82) is 0 Å². The van der Waals surface area contributed by atoms with Crippen LogP contribution in [0.3, 0.4) is 0 Å². The molecule has 0 radical (unpaired) electrons. The third-order valence-electron chi connectivity index (χ3n) is 3.83. The molecule has 0 amide bonds. The molecule has 2 aliphatic rings. The summed E-state index contributed by atoms with van der Waals surface area (Å²) < 4.78 is 0. The van der Waals surface area contributed by atoms with Gasteiger partial charge in [-0.15, -0.1) is 0 Å². The second-order valence-corrected chi connectivity index (χ2v) is 5.08. The van der Waals surface area contributed by atoms with E-state index < -0.39 is 0 Å². The maximum atomic E-state index is 2.50. The van der Waals surface area contributed by atoms with E-state index in [1.807, 2.05) is 0 Å². The zero-order chi connectivity index (χ0) is 11.7. The normalized spacial score (nSPS) is 23.8. The van der Waals surface area contributed by atoms with Gasteiger partial charge in [0.05, 0.1) is 0 Å². The number of para-hydroxylation sites is 1. The number of allylic oxidation sites excluding steroid dienone is 4. The Morgan fingerprint density at radius 1 is 1.18 bits per heavy atom. The third-order valence-corrected chi connectivity index (χ3v) is 3.83. The van der Waals surface area contributed by atoms with Gasteiger partial charge >= 0.3 is 0 Å². The highest BCUT2D eigenvalue weighted by Gasteiger charge is 2.26. The van der Waals surface area contributed by atoms with Crippen LogP contribution in [0.4, 0.5) is 5.69 Å². The van der Waals surface area contributed by atoms with Gasteiger partial charge in [-0.1, -0.05) is 29.8 Å². The first-order valence-electron chi connectivity index (χ1n) is 6.55. The Labute approximate surface area is 103 Å². The van der Waals surface area contributed by atoms with E-state index in [1.165, 1.54) is 42.8 Å². The molecular formula is C16H19N. The molecule has 0 N–H and O–H groups in total. The van der Waals surface area contributed by atoms with Crippen molar-refractivity contribution < 1.29 is 0 Å². The van der Waals surface area contributed by atoms with E-state index in [9.17, 15) is 0 Å². The SMILES string of the molecule is CC1=CCC2CCCN(c3ccccc3)C2=C1. The molecule has 0 spiro atoms. The van der Waals surface area contributed by atoms with Crippen molar-refractivity contribution >= 4 is 5.69 Å². The number of rotatable bonds is 1. The molecule has 1 nitrogen and oxygen atoms in total. The molecule has 1 aliphatic heterocycles. The van der Waals surface area contributed by atoms with Gasteiger partial charge in [0.15, 0.2) is 0 Å². The highest BCUT2D eigenvalue weighted by atomic mass is 15.2. The van der Waals surface area contributed by atoms with Gasteiger partial charge in [0.2, 0.25) is 0 Å². The second-order valence-electron chi connectivity index (χ2n) is 5.08. The summed E-state index contributed by atoms with van der Waals surface area (Å²) in [4.78, 5) is 2.50. The van der Waals surface area contributed by atoms with Crippen LogP contribution < -0.4 is 4.90 Å². The van der Waals surface area contributed by atoms with E-state index in [-0.39, 0.29) is 0 Å². The number of piperidine rings is 1. The lowest BCUT2D eigenvalue weighted by molar-refractivity contribution is 0.474. The van der Waals surface area contributed by atoms with E-state index in [1.54, 1.807) is 0 Å². The number of hydrogen-bond donors (Lipinski definition) is 0. The molecule has 1 saturated heterocycles. The van der Waals surface area contributed by atoms with E-state index in [0.29, 0.717) is 0 Å². The third kappa shape index (κ3) is 2.02. The van der Waals surface area contributed by atoms with Crippen molar-refractivity contribution in [3.63, 3.8) is 0 Å². The van der Waals surface area contributed by atoms with Crippen LogP contribution in [0.15, 0.2) is 53.8 Å². The molecule has 0 bridgehead atoms. The van der Waals surface area contributed by atoms with E-state index >= 15 is 0 Å². The number of anilines is 1. The molecule has 3 rings (SSSR count). The molecule has 1 aromatic rings. The van der Waals surface area contributed by atoms with Gasteiger partial charge in [0.25, 0.3) is 0 Å². The lowest BCUT2D eigenvalue weighted by atomic mass is 9.85. The minimum absolute atomic E-state index is 0.743. The van der Waals surface area contributed by atoms with Crippen LogP contribution in [0.1, 0.15) is 26.2 Å². The summed E-state index contributed by atoms with van der Waals surface area (Å²) in [5.74, 6) is 0.743. The minimum Gasteiger partial charge on any atom is -0.345 e.